The highest BCUT2D eigenvalue weighted by molar-refractivity contribution is 8.00. The van der Waals surface area contributed by atoms with Crippen LogP contribution in [-0.4, -0.2) is 62.1 Å². The maximum Gasteiger partial charge on any atom is 0.236 e. The number of aromatic amines is 1. The van der Waals surface area contributed by atoms with Gasteiger partial charge in [0, 0.05) is 23.8 Å². The molecule has 2 aromatic heterocycles. The summed E-state index contributed by atoms with van der Waals surface area (Å²) < 4.78 is 7.15. The number of H-pyrrole nitrogens is 1. The van der Waals surface area contributed by atoms with E-state index in [2.05, 4.69) is 10.2 Å². The summed E-state index contributed by atoms with van der Waals surface area (Å²) in [6, 6.07) is 5.57. The van der Waals surface area contributed by atoms with E-state index in [1.54, 1.807) is 4.57 Å². The number of benzene rings is 1. The van der Waals surface area contributed by atoms with Gasteiger partial charge in [-0.3, -0.25) is 19.9 Å². The fraction of sp³-hybridized carbons (Fsp3) is 0.429. The molecule has 3 heterocycles. The summed E-state index contributed by atoms with van der Waals surface area (Å²) in [5.74, 6) is 0.0665. The van der Waals surface area contributed by atoms with E-state index < -0.39 is 0 Å². The third kappa shape index (κ3) is 4.22. The predicted molar refractivity (Wildman–Crippen MR) is 121 cm³/mol. The van der Waals surface area contributed by atoms with Crippen LogP contribution < -0.4 is 5.49 Å². The van der Waals surface area contributed by atoms with Crippen molar-refractivity contribution in [3.63, 3.8) is 0 Å². The number of amides is 1. The molecule has 2 N–H and O–H groups in total. The van der Waals surface area contributed by atoms with E-state index in [4.69, 9.17) is 26.7 Å². The number of hydrogen-bond acceptors (Lipinski definition) is 6. The lowest BCUT2D eigenvalue weighted by Gasteiger charge is -2.30. The smallest absolute Gasteiger partial charge is 0.236 e. The van der Waals surface area contributed by atoms with Crippen molar-refractivity contribution in [2.24, 2.45) is 0 Å². The Morgan fingerprint density at radius 1 is 1.35 bits per heavy atom. The first kappa shape index (κ1) is 21.9. The summed E-state index contributed by atoms with van der Waals surface area (Å²) in [5.41, 5.74) is 3.23. The van der Waals surface area contributed by atoms with Crippen molar-refractivity contribution in [1.82, 2.24) is 24.6 Å². The van der Waals surface area contributed by atoms with Crippen molar-refractivity contribution in [1.29, 1.82) is 5.41 Å². The highest BCUT2D eigenvalue weighted by Crippen LogP contribution is 2.30. The number of aromatic nitrogens is 4. The number of hydrogen-bond donors (Lipinski definition) is 2. The highest BCUT2D eigenvalue weighted by atomic mass is 35.5. The zero-order valence-electron chi connectivity index (χ0n) is 17.7. The van der Waals surface area contributed by atoms with Gasteiger partial charge in [-0.25, -0.2) is 4.98 Å². The van der Waals surface area contributed by atoms with Crippen molar-refractivity contribution in [3.8, 4) is 5.69 Å². The number of halogens is 1. The Kier molecular flexibility index (Phi) is 6.36. The summed E-state index contributed by atoms with van der Waals surface area (Å²) in [6.07, 6.45) is 0.641. The molecule has 1 aromatic carbocycles. The Morgan fingerprint density at radius 3 is 2.81 bits per heavy atom. The van der Waals surface area contributed by atoms with E-state index in [0.29, 0.717) is 53.9 Å². The lowest BCUT2D eigenvalue weighted by atomic mass is 10.2. The number of morpholine rings is 1. The van der Waals surface area contributed by atoms with E-state index >= 15 is 0 Å². The van der Waals surface area contributed by atoms with Crippen molar-refractivity contribution in [2.75, 3.05) is 26.3 Å². The van der Waals surface area contributed by atoms with Crippen LogP contribution in [0.5, 0.6) is 0 Å². The monoisotopic (exact) mass is 460 g/mol. The van der Waals surface area contributed by atoms with Crippen LogP contribution in [0.15, 0.2) is 23.4 Å². The molecule has 10 heteroatoms. The molecular formula is C21H25ClN6O2S. The number of ether oxygens (including phenoxy) is 1. The number of thioether (sulfide) groups is 1. The topological polar surface area (TPSA) is 99.9 Å². The quantitative estimate of drug-likeness (QED) is 0.449. The minimum absolute atomic E-state index is 0.0665. The first-order chi connectivity index (χ1) is 14.9. The second-order valence-electron chi connectivity index (χ2n) is 7.51. The van der Waals surface area contributed by atoms with Gasteiger partial charge in [-0.15, -0.1) is 0 Å². The second-order valence-corrected chi connectivity index (χ2v) is 9.12. The number of carbonyl (C=O) groups excluding carboxylic acids is 1. The van der Waals surface area contributed by atoms with Gasteiger partial charge in [0.2, 0.25) is 5.91 Å². The molecule has 1 aliphatic rings. The van der Waals surface area contributed by atoms with Crippen LogP contribution in [0.2, 0.25) is 5.02 Å². The van der Waals surface area contributed by atoms with Crippen LogP contribution in [0.25, 0.3) is 16.7 Å². The minimum Gasteiger partial charge on any atom is -0.378 e. The van der Waals surface area contributed by atoms with Crippen LogP contribution in [0.4, 0.5) is 0 Å². The summed E-state index contributed by atoms with van der Waals surface area (Å²) in [4.78, 5) is 19.8. The summed E-state index contributed by atoms with van der Waals surface area (Å²) in [6.45, 7) is 8.13. The Bertz CT molecular complexity index is 1180. The third-order valence-corrected chi connectivity index (χ3v) is 6.95. The average Bonchev–Trinajstić information content (AvgIpc) is 3.15. The van der Waals surface area contributed by atoms with Gasteiger partial charge in [-0.1, -0.05) is 36.4 Å². The maximum absolute atomic E-state index is 13.2. The molecule has 8 nitrogen and oxygen atoms in total. The molecule has 3 aromatic rings. The van der Waals surface area contributed by atoms with Crippen LogP contribution in [-0.2, 0) is 9.53 Å². The molecule has 0 spiro atoms. The molecular weight excluding hydrogens is 436 g/mol. The minimum atomic E-state index is -0.326. The summed E-state index contributed by atoms with van der Waals surface area (Å²) in [7, 11) is 0. The van der Waals surface area contributed by atoms with Gasteiger partial charge in [0.1, 0.15) is 5.49 Å². The predicted octanol–water partition coefficient (Wildman–Crippen LogP) is 3.23. The van der Waals surface area contributed by atoms with E-state index in [0.717, 1.165) is 16.9 Å². The Morgan fingerprint density at radius 2 is 2.10 bits per heavy atom. The zero-order chi connectivity index (χ0) is 22.1. The molecule has 0 unspecified atom stereocenters. The Hall–Kier alpha value is -2.36. The Balaban J connectivity index is 1.83. The van der Waals surface area contributed by atoms with Crippen LogP contribution in [0.1, 0.15) is 24.6 Å². The van der Waals surface area contributed by atoms with E-state index in [1.807, 2.05) is 43.9 Å². The largest absolute Gasteiger partial charge is 0.378 e. The number of fused-ring (bicyclic) bond motifs is 1. The van der Waals surface area contributed by atoms with Gasteiger partial charge in [0.25, 0.3) is 0 Å². The standard InChI is InChI=1S/C21H25ClN6O2S/c1-4-16(20(29)27-7-9-30-10-8-27)31-21-24-19-17(13(3)25-26-19)18(23)28(21)15-11-14(22)6-5-12(15)2/h5-6,11,16,23H,4,7-10H2,1-3H3,(H,25,26)/t16-/m0/s1. The normalized spacial score (nSPS) is 15.4. The lowest BCUT2D eigenvalue weighted by molar-refractivity contribution is -0.134. The maximum atomic E-state index is 13.2. The van der Waals surface area contributed by atoms with Crippen molar-refractivity contribution in [3.05, 3.63) is 40.0 Å². The number of rotatable bonds is 5. The molecule has 0 bridgehead atoms. The molecule has 31 heavy (non-hydrogen) atoms. The van der Waals surface area contributed by atoms with Gasteiger partial charge in [0.05, 0.1) is 29.5 Å². The zero-order valence-corrected chi connectivity index (χ0v) is 19.3. The molecule has 1 saturated heterocycles. The van der Waals surface area contributed by atoms with Crippen LogP contribution in [0, 0.1) is 19.3 Å². The second kappa shape index (κ2) is 9.02. The molecule has 0 aliphatic carbocycles. The molecule has 164 valence electrons. The van der Waals surface area contributed by atoms with E-state index in [-0.39, 0.29) is 16.6 Å². The molecule has 1 fully saturated rings. The van der Waals surface area contributed by atoms with Gasteiger partial charge in [-0.2, -0.15) is 5.10 Å². The fourth-order valence-electron chi connectivity index (χ4n) is 3.68. The number of nitrogens with one attached hydrogen (secondary N) is 2. The number of carbonyl (C=O) groups is 1. The molecule has 4 rings (SSSR count). The number of nitrogens with zero attached hydrogens (tertiary/aromatic N) is 4. The summed E-state index contributed by atoms with van der Waals surface area (Å²) in [5, 5.41) is 17.6. The van der Waals surface area contributed by atoms with Gasteiger partial charge >= 0.3 is 0 Å². The van der Waals surface area contributed by atoms with Crippen LogP contribution >= 0.6 is 23.4 Å². The third-order valence-electron chi connectivity index (χ3n) is 5.41. The first-order valence-corrected chi connectivity index (χ1v) is 11.5. The average molecular weight is 461 g/mol. The molecule has 0 saturated carbocycles. The fourth-order valence-corrected chi connectivity index (χ4v) is 4.95. The van der Waals surface area contributed by atoms with E-state index in [9.17, 15) is 4.79 Å². The van der Waals surface area contributed by atoms with Gasteiger partial charge in [-0.05, 0) is 38.0 Å². The lowest BCUT2D eigenvalue weighted by Crippen LogP contribution is -2.44. The summed E-state index contributed by atoms with van der Waals surface area (Å²) >= 11 is 7.66. The molecule has 1 aliphatic heterocycles. The van der Waals surface area contributed by atoms with Crippen LogP contribution in [0.3, 0.4) is 0 Å². The number of aryl methyl sites for hydroxylation is 2. The SMILES string of the molecule is CC[C@H](Sc1nc2n[nH]c(C)c2c(=N)n1-c1cc(Cl)ccc1C)C(=O)N1CCOCC1. The Labute approximate surface area is 189 Å². The molecule has 1 amide bonds. The van der Waals surface area contributed by atoms with E-state index in [1.165, 1.54) is 11.8 Å². The van der Waals surface area contributed by atoms with Crippen molar-refractivity contribution < 1.29 is 9.53 Å². The molecule has 0 radical (unpaired) electrons. The van der Waals surface area contributed by atoms with Crippen molar-refractivity contribution in [2.45, 2.75) is 37.6 Å². The van der Waals surface area contributed by atoms with Gasteiger partial charge < -0.3 is 9.64 Å². The first-order valence-electron chi connectivity index (χ1n) is 10.2. The van der Waals surface area contributed by atoms with Crippen molar-refractivity contribution >= 4 is 40.3 Å². The molecule has 1 atom stereocenters. The van der Waals surface area contributed by atoms with Gasteiger partial charge in [0.15, 0.2) is 10.8 Å². The highest BCUT2D eigenvalue weighted by Gasteiger charge is 2.28.